The lowest BCUT2D eigenvalue weighted by Gasteiger charge is -2.34. The normalized spacial score (nSPS) is 17.2. The van der Waals surface area contributed by atoms with Crippen molar-refractivity contribution >= 4 is 27.8 Å². The molecular weight excluding hydrogens is 350 g/mol. The molecule has 9 nitrogen and oxygen atoms in total. The molecule has 0 fully saturated rings. The molecule has 25 heavy (non-hydrogen) atoms. The zero-order valence-electron chi connectivity index (χ0n) is 14.5. The van der Waals surface area contributed by atoms with E-state index in [0.717, 1.165) is 8.61 Å². The van der Waals surface area contributed by atoms with E-state index in [-0.39, 0.29) is 13.1 Å². The van der Waals surface area contributed by atoms with Gasteiger partial charge in [0.2, 0.25) is 12.0 Å². The van der Waals surface area contributed by atoms with Gasteiger partial charge in [0.25, 0.3) is 10.2 Å². The Morgan fingerprint density at radius 1 is 1.28 bits per heavy atom. The Balaban J connectivity index is 2.27. The molecule has 1 heterocycles. The highest BCUT2D eigenvalue weighted by molar-refractivity contribution is 7.86. The molecule has 0 unspecified atom stereocenters. The van der Waals surface area contributed by atoms with Gasteiger partial charge < -0.3 is 14.4 Å². The number of nitrogens with zero attached hydrogens (tertiary/aromatic N) is 3. The van der Waals surface area contributed by atoms with E-state index in [4.69, 9.17) is 4.74 Å². The molecule has 1 aliphatic heterocycles. The van der Waals surface area contributed by atoms with E-state index in [0.29, 0.717) is 11.4 Å². The minimum atomic E-state index is -3.73. The number of anilines is 1. The Bertz CT molecular complexity index is 764. The SMILES string of the molecule is COC(=O)[C@H]1CN(C(=O)CN(C)S(=O)(=O)N(C)C)c2ccccc2O1. The highest BCUT2D eigenvalue weighted by atomic mass is 32.2. The van der Waals surface area contributed by atoms with E-state index in [9.17, 15) is 18.0 Å². The van der Waals surface area contributed by atoms with Crippen LogP contribution < -0.4 is 9.64 Å². The van der Waals surface area contributed by atoms with Crippen LogP contribution in [0.4, 0.5) is 5.69 Å². The van der Waals surface area contributed by atoms with Crippen molar-refractivity contribution in [3.63, 3.8) is 0 Å². The van der Waals surface area contributed by atoms with E-state index < -0.39 is 28.2 Å². The van der Waals surface area contributed by atoms with Crippen LogP contribution in [-0.4, -0.2) is 76.4 Å². The number of benzene rings is 1. The number of amides is 1. The third-order valence-electron chi connectivity index (χ3n) is 3.75. The Labute approximate surface area is 146 Å². The second-order valence-corrected chi connectivity index (χ2v) is 7.90. The molecule has 1 aliphatic rings. The Morgan fingerprint density at radius 3 is 2.52 bits per heavy atom. The molecule has 2 rings (SSSR count). The Hall–Kier alpha value is -2.17. The molecule has 0 bridgehead atoms. The summed E-state index contributed by atoms with van der Waals surface area (Å²) in [7, 11) is 1.59. The first-order valence-electron chi connectivity index (χ1n) is 7.46. The van der Waals surface area contributed by atoms with Gasteiger partial charge in [0.05, 0.1) is 25.9 Å². The second-order valence-electron chi connectivity index (χ2n) is 5.65. The quantitative estimate of drug-likeness (QED) is 0.659. The van der Waals surface area contributed by atoms with Crippen molar-refractivity contribution in [2.45, 2.75) is 6.10 Å². The molecule has 138 valence electrons. The molecule has 1 atom stereocenters. The fourth-order valence-corrected chi connectivity index (χ4v) is 3.19. The summed E-state index contributed by atoms with van der Waals surface area (Å²) >= 11 is 0. The molecule has 1 aromatic carbocycles. The van der Waals surface area contributed by atoms with Crippen molar-refractivity contribution < 1.29 is 27.5 Å². The number of hydrogen-bond acceptors (Lipinski definition) is 6. The summed E-state index contributed by atoms with van der Waals surface area (Å²) in [6, 6.07) is 6.73. The summed E-state index contributed by atoms with van der Waals surface area (Å²) in [6.45, 7) is -0.429. The fraction of sp³-hybridized carbons (Fsp3) is 0.467. The van der Waals surface area contributed by atoms with Crippen molar-refractivity contribution in [2.75, 3.05) is 46.2 Å². The van der Waals surface area contributed by atoms with Crippen molar-refractivity contribution in [3.05, 3.63) is 24.3 Å². The van der Waals surface area contributed by atoms with Gasteiger partial charge >= 0.3 is 5.97 Å². The lowest BCUT2D eigenvalue weighted by Crippen LogP contribution is -2.51. The van der Waals surface area contributed by atoms with Crippen LogP contribution in [0.25, 0.3) is 0 Å². The van der Waals surface area contributed by atoms with Gasteiger partial charge in [-0.25, -0.2) is 4.79 Å². The summed E-state index contributed by atoms with van der Waals surface area (Å²) in [5.74, 6) is -0.727. The van der Waals surface area contributed by atoms with Gasteiger partial charge in [-0.1, -0.05) is 12.1 Å². The largest absolute Gasteiger partial charge is 0.475 e. The van der Waals surface area contributed by atoms with Crippen molar-refractivity contribution in [1.29, 1.82) is 0 Å². The molecule has 1 amide bonds. The first-order valence-corrected chi connectivity index (χ1v) is 8.86. The summed E-state index contributed by atoms with van der Waals surface area (Å²) in [5.41, 5.74) is 0.475. The standard InChI is InChI=1S/C15H21N3O6S/c1-16(2)25(21,22)17(3)10-14(19)18-9-13(15(20)23-4)24-12-8-6-5-7-11(12)18/h5-8,13H,9-10H2,1-4H3/t13-/m1/s1. The van der Waals surface area contributed by atoms with E-state index >= 15 is 0 Å². The third kappa shape index (κ3) is 3.91. The summed E-state index contributed by atoms with van der Waals surface area (Å²) < 4.78 is 36.4. The number of fused-ring (bicyclic) bond motifs is 1. The maximum absolute atomic E-state index is 12.7. The number of methoxy groups -OCH3 is 1. The number of hydrogen-bond donors (Lipinski definition) is 0. The number of esters is 1. The van der Waals surface area contributed by atoms with Gasteiger partial charge in [-0.15, -0.1) is 0 Å². The predicted octanol–water partition coefficient (Wildman–Crippen LogP) is -0.308. The molecule has 1 aromatic rings. The monoisotopic (exact) mass is 371 g/mol. The Kier molecular flexibility index (Phi) is 5.65. The van der Waals surface area contributed by atoms with Crippen molar-refractivity contribution in [2.24, 2.45) is 0 Å². The maximum Gasteiger partial charge on any atom is 0.348 e. The lowest BCUT2D eigenvalue weighted by atomic mass is 10.2. The summed E-state index contributed by atoms with van der Waals surface area (Å²) in [6.07, 6.45) is -0.973. The number of likely N-dealkylation sites (N-methyl/N-ethyl adjacent to an activating group) is 1. The van der Waals surface area contributed by atoms with E-state index in [1.807, 2.05) is 0 Å². The lowest BCUT2D eigenvalue weighted by molar-refractivity contribution is -0.148. The van der Waals surface area contributed by atoms with Crippen LogP contribution in [0, 0.1) is 0 Å². The Morgan fingerprint density at radius 2 is 1.92 bits per heavy atom. The second kappa shape index (κ2) is 7.38. The van der Waals surface area contributed by atoms with Gasteiger partial charge in [-0.3, -0.25) is 4.79 Å². The number of ether oxygens (including phenoxy) is 2. The van der Waals surface area contributed by atoms with Gasteiger partial charge in [0.15, 0.2) is 0 Å². The van der Waals surface area contributed by atoms with E-state index in [1.165, 1.54) is 33.2 Å². The number of para-hydroxylation sites is 2. The number of rotatable bonds is 5. The molecule has 0 saturated carbocycles. The van der Waals surface area contributed by atoms with Gasteiger partial charge in [-0.2, -0.15) is 17.0 Å². The van der Waals surface area contributed by atoms with E-state index in [2.05, 4.69) is 4.74 Å². The fourth-order valence-electron chi connectivity index (χ4n) is 2.36. The van der Waals surface area contributed by atoms with Crippen LogP contribution in [0.15, 0.2) is 24.3 Å². The van der Waals surface area contributed by atoms with Gasteiger partial charge in [-0.05, 0) is 12.1 Å². The molecule has 0 radical (unpaired) electrons. The smallest absolute Gasteiger partial charge is 0.348 e. The van der Waals surface area contributed by atoms with Crippen LogP contribution in [0.3, 0.4) is 0 Å². The minimum absolute atomic E-state index is 0.0572. The molecule has 0 aromatic heterocycles. The average Bonchev–Trinajstić information content (AvgIpc) is 2.59. The van der Waals surface area contributed by atoms with Gasteiger partial charge in [0.1, 0.15) is 5.75 Å². The minimum Gasteiger partial charge on any atom is -0.475 e. The van der Waals surface area contributed by atoms with Crippen molar-refractivity contribution in [1.82, 2.24) is 8.61 Å². The van der Waals surface area contributed by atoms with Crippen LogP contribution >= 0.6 is 0 Å². The zero-order chi connectivity index (χ0) is 18.8. The first-order chi connectivity index (χ1) is 11.7. The molecular formula is C15H21N3O6S. The molecule has 10 heteroatoms. The van der Waals surface area contributed by atoms with E-state index in [1.54, 1.807) is 24.3 Å². The van der Waals surface area contributed by atoms with Crippen LogP contribution in [0.2, 0.25) is 0 Å². The topological polar surface area (TPSA) is 96.5 Å². The highest BCUT2D eigenvalue weighted by Crippen LogP contribution is 2.33. The molecule has 0 N–H and O–H groups in total. The molecule has 0 spiro atoms. The maximum atomic E-state index is 12.7. The van der Waals surface area contributed by atoms with Crippen LogP contribution in [0.5, 0.6) is 5.75 Å². The van der Waals surface area contributed by atoms with Crippen molar-refractivity contribution in [3.8, 4) is 5.75 Å². The highest BCUT2D eigenvalue weighted by Gasteiger charge is 2.35. The first kappa shape index (κ1) is 19.2. The summed E-state index contributed by atoms with van der Waals surface area (Å²) in [4.78, 5) is 25.8. The van der Waals surface area contributed by atoms with Gasteiger partial charge in [0, 0.05) is 21.1 Å². The summed E-state index contributed by atoms with van der Waals surface area (Å²) in [5, 5.41) is 0. The predicted molar refractivity (Wildman–Crippen MR) is 90.5 cm³/mol. The van der Waals surface area contributed by atoms with Crippen LogP contribution in [-0.2, 0) is 24.5 Å². The number of carbonyl (C=O) groups excluding carboxylic acids is 2. The molecule has 0 saturated heterocycles. The number of carbonyl (C=O) groups is 2. The third-order valence-corrected chi connectivity index (χ3v) is 5.59. The van der Waals surface area contributed by atoms with Crippen LogP contribution in [0.1, 0.15) is 0 Å². The molecule has 0 aliphatic carbocycles. The zero-order valence-corrected chi connectivity index (χ0v) is 15.3. The average molecular weight is 371 g/mol.